The molecular weight excluding hydrogens is 367 g/mol. The van der Waals surface area contributed by atoms with Crippen molar-refractivity contribution in [2.24, 2.45) is 0 Å². The van der Waals surface area contributed by atoms with Crippen LogP contribution in [-0.4, -0.2) is 32.5 Å². The maximum absolute atomic E-state index is 12.8. The molecule has 0 spiro atoms. The van der Waals surface area contributed by atoms with E-state index in [1.165, 1.54) is 0 Å². The third-order valence-electron chi connectivity index (χ3n) is 4.36. The molecular formula is C20H16F3N5. The lowest BCUT2D eigenvalue weighted by Gasteiger charge is -2.25. The molecule has 5 nitrogen and oxygen atoms in total. The summed E-state index contributed by atoms with van der Waals surface area (Å²) in [6, 6.07) is 11.1. The highest BCUT2D eigenvalue weighted by atomic mass is 19.4. The van der Waals surface area contributed by atoms with Crippen molar-refractivity contribution in [1.82, 2.24) is 19.7 Å². The van der Waals surface area contributed by atoms with Gasteiger partial charge in [-0.15, -0.1) is 10.2 Å². The summed E-state index contributed by atoms with van der Waals surface area (Å²) in [4.78, 5) is 6.07. The molecule has 0 N–H and O–H groups in total. The third-order valence-corrected chi connectivity index (χ3v) is 4.36. The molecule has 0 aliphatic carbocycles. The molecule has 142 valence electrons. The maximum atomic E-state index is 12.8. The van der Waals surface area contributed by atoms with Gasteiger partial charge in [0.25, 0.3) is 0 Å². The minimum atomic E-state index is -4.34. The van der Waals surface area contributed by atoms with Crippen LogP contribution in [0.15, 0.2) is 73.5 Å². The lowest BCUT2D eigenvalue weighted by molar-refractivity contribution is -0.140. The number of rotatable bonds is 4. The van der Waals surface area contributed by atoms with Gasteiger partial charge in [-0.25, -0.2) is 0 Å². The number of hydrogen-bond donors (Lipinski definition) is 0. The van der Waals surface area contributed by atoms with Gasteiger partial charge in [0.15, 0.2) is 5.82 Å². The topological polar surface area (TPSA) is 46.8 Å². The number of benzene rings is 1. The highest BCUT2D eigenvalue weighted by Crippen LogP contribution is 2.28. The largest absolute Gasteiger partial charge is 0.406 e. The molecule has 4 rings (SSSR count). The molecule has 1 aromatic carbocycles. The molecule has 0 saturated carbocycles. The van der Waals surface area contributed by atoms with E-state index in [4.69, 9.17) is 0 Å². The van der Waals surface area contributed by atoms with Crippen LogP contribution in [0.3, 0.4) is 0 Å². The van der Waals surface area contributed by atoms with Crippen molar-refractivity contribution in [3.8, 4) is 11.4 Å². The van der Waals surface area contributed by atoms with Crippen LogP contribution in [0.25, 0.3) is 17.0 Å². The molecule has 8 heteroatoms. The first-order valence-electron chi connectivity index (χ1n) is 8.59. The Labute approximate surface area is 159 Å². The molecule has 2 aromatic heterocycles. The van der Waals surface area contributed by atoms with Crippen LogP contribution < -0.4 is 4.90 Å². The van der Waals surface area contributed by atoms with E-state index in [0.717, 1.165) is 27.7 Å². The van der Waals surface area contributed by atoms with Gasteiger partial charge >= 0.3 is 6.18 Å². The third kappa shape index (κ3) is 3.95. The number of allylic oxidation sites excluding steroid dienone is 2. The average Bonchev–Trinajstić information content (AvgIpc) is 3.15. The summed E-state index contributed by atoms with van der Waals surface area (Å²) in [5, 5.41) is 7.52. The second kappa shape index (κ2) is 7.30. The molecule has 0 atom stereocenters. The summed E-state index contributed by atoms with van der Waals surface area (Å²) >= 11 is 0. The highest BCUT2D eigenvalue weighted by molar-refractivity contribution is 5.75. The van der Waals surface area contributed by atoms with Crippen LogP contribution in [0.2, 0.25) is 0 Å². The minimum Gasteiger partial charge on any atom is -0.344 e. The van der Waals surface area contributed by atoms with Crippen molar-refractivity contribution in [3.05, 3.63) is 79.0 Å². The van der Waals surface area contributed by atoms with Crippen LogP contribution in [0.4, 0.5) is 18.9 Å². The van der Waals surface area contributed by atoms with Gasteiger partial charge in [0.2, 0.25) is 0 Å². The number of alkyl halides is 3. The van der Waals surface area contributed by atoms with Crippen LogP contribution in [0.1, 0.15) is 5.56 Å². The molecule has 1 aliphatic rings. The smallest absolute Gasteiger partial charge is 0.344 e. The van der Waals surface area contributed by atoms with Crippen LogP contribution in [0, 0.1) is 0 Å². The molecule has 3 aromatic rings. The molecule has 1 aliphatic heterocycles. The van der Waals surface area contributed by atoms with E-state index in [2.05, 4.69) is 15.2 Å². The number of aromatic nitrogens is 4. The maximum Gasteiger partial charge on any atom is 0.406 e. The van der Waals surface area contributed by atoms with Crippen molar-refractivity contribution in [2.75, 3.05) is 11.4 Å². The predicted molar refractivity (Wildman–Crippen MR) is 100 cm³/mol. The SMILES string of the molecule is FC(F)(F)Cn1cnnc1-c1cccc(N2C=CC=C(c3ccncc3)C2)c1. The molecule has 0 amide bonds. The molecule has 0 bridgehead atoms. The first-order chi connectivity index (χ1) is 13.5. The summed E-state index contributed by atoms with van der Waals surface area (Å²) in [7, 11) is 0. The molecule has 28 heavy (non-hydrogen) atoms. The fourth-order valence-electron chi connectivity index (χ4n) is 3.09. The Hall–Kier alpha value is -3.42. The number of halogens is 3. The van der Waals surface area contributed by atoms with Gasteiger partial charge in [0.05, 0.1) is 0 Å². The number of anilines is 1. The Kier molecular flexibility index (Phi) is 4.68. The lowest BCUT2D eigenvalue weighted by atomic mass is 10.0. The summed E-state index contributed by atoms with van der Waals surface area (Å²) in [5.41, 5.74) is 3.63. The van der Waals surface area contributed by atoms with Gasteiger partial charge in [-0.1, -0.05) is 18.2 Å². The monoisotopic (exact) mass is 383 g/mol. The van der Waals surface area contributed by atoms with Gasteiger partial charge in [0.1, 0.15) is 12.9 Å². The Morgan fingerprint density at radius 2 is 1.86 bits per heavy atom. The van der Waals surface area contributed by atoms with Gasteiger partial charge in [0, 0.05) is 36.4 Å². The Balaban J connectivity index is 1.60. The Morgan fingerprint density at radius 1 is 1.04 bits per heavy atom. The second-order valence-corrected chi connectivity index (χ2v) is 6.35. The first-order valence-corrected chi connectivity index (χ1v) is 8.59. The van der Waals surface area contributed by atoms with E-state index in [1.54, 1.807) is 24.5 Å². The van der Waals surface area contributed by atoms with E-state index in [0.29, 0.717) is 12.1 Å². The van der Waals surface area contributed by atoms with Gasteiger partial charge in [-0.05, 0) is 41.5 Å². The summed E-state index contributed by atoms with van der Waals surface area (Å²) in [6.07, 6.45) is 6.16. The summed E-state index contributed by atoms with van der Waals surface area (Å²) in [6.45, 7) is -0.489. The molecule has 0 saturated heterocycles. The molecule has 0 fully saturated rings. The zero-order valence-electron chi connectivity index (χ0n) is 14.7. The van der Waals surface area contributed by atoms with Crippen molar-refractivity contribution < 1.29 is 13.2 Å². The quantitative estimate of drug-likeness (QED) is 0.673. The molecule has 0 radical (unpaired) electrons. The highest BCUT2D eigenvalue weighted by Gasteiger charge is 2.29. The van der Waals surface area contributed by atoms with Crippen LogP contribution in [-0.2, 0) is 6.54 Å². The number of hydrogen-bond acceptors (Lipinski definition) is 4. The zero-order chi connectivity index (χ0) is 19.6. The van der Waals surface area contributed by atoms with Gasteiger partial charge < -0.3 is 9.47 Å². The Morgan fingerprint density at radius 3 is 2.64 bits per heavy atom. The van der Waals surface area contributed by atoms with Crippen molar-refractivity contribution >= 4 is 11.3 Å². The van der Waals surface area contributed by atoms with Crippen LogP contribution >= 0.6 is 0 Å². The van der Waals surface area contributed by atoms with Crippen molar-refractivity contribution in [3.63, 3.8) is 0 Å². The molecule has 3 heterocycles. The zero-order valence-corrected chi connectivity index (χ0v) is 14.7. The van der Waals surface area contributed by atoms with Crippen molar-refractivity contribution in [2.45, 2.75) is 12.7 Å². The van der Waals surface area contributed by atoms with E-state index < -0.39 is 12.7 Å². The average molecular weight is 383 g/mol. The van der Waals surface area contributed by atoms with Gasteiger partial charge in [-0.2, -0.15) is 13.2 Å². The van der Waals surface area contributed by atoms with E-state index in [1.807, 2.05) is 47.5 Å². The fraction of sp³-hybridized carbons (Fsp3) is 0.150. The van der Waals surface area contributed by atoms with E-state index >= 15 is 0 Å². The fourth-order valence-corrected chi connectivity index (χ4v) is 3.09. The van der Waals surface area contributed by atoms with Crippen molar-refractivity contribution in [1.29, 1.82) is 0 Å². The Bertz CT molecular complexity index is 1020. The van der Waals surface area contributed by atoms with E-state index in [9.17, 15) is 13.2 Å². The second-order valence-electron chi connectivity index (χ2n) is 6.35. The summed E-state index contributed by atoms with van der Waals surface area (Å²) < 4.78 is 39.4. The minimum absolute atomic E-state index is 0.185. The summed E-state index contributed by atoms with van der Waals surface area (Å²) in [5.74, 6) is 0.185. The first kappa shape index (κ1) is 18.0. The van der Waals surface area contributed by atoms with Crippen LogP contribution in [0.5, 0.6) is 0 Å². The standard InChI is InChI=1S/C20H16F3N5/c21-20(22,23)13-28-14-25-26-19(28)16-3-1-5-18(11-16)27-10-2-4-17(12-27)15-6-8-24-9-7-15/h1-11,14H,12-13H2. The number of pyridine rings is 1. The normalized spacial score (nSPS) is 14.2. The molecule has 0 unspecified atom stereocenters. The predicted octanol–water partition coefficient (Wildman–Crippen LogP) is 4.32. The van der Waals surface area contributed by atoms with Gasteiger partial charge in [-0.3, -0.25) is 4.98 Å². The van der Waals surface area contributed by atoms with E-state index in [-0.39, 0.29) is 5.82 Å². The number of nitrogens with zero attached hydrogens (tertiary/aromatic N) is 5. The lowest BCUT2D eigenvalue weighted by Crippen LogP contribution is -2.21.